The summed E-state index contributed by atoms with van der Waals surface area (Å²) in [6, 6.07) is 6.12. The Labute approximate surface area is 163 Å². The van der Waals surface area contributed by atoms with Crippen molar-refractivity contribution in [3.05, 3.63) is 36.8 Å². The molecule has 0 radical (unpaired) electrons. The molecule has 8 heteroatoms. The molecular weight excluding hydrogens is 358 g/mol. The molecule has 27 heavy (non-hydrogen) atoms. The van der Waals surface area contributed by atoms with E-state index < -0.39 is 0 Å². The van der Waals surface area contributed by atoms with Gasteiger partial charge in [0, 0.05) is 63.1 Å². The third-order valence-corrected chi connectivity index (χ3v) is 5.60. The van der Waals surface area contributed by atoms with Crippen molar-refractivity contribution in [2.45, 2.75) is 6.92 Å². The highest BCUT2D eigenvalue weighted by Crippen LogP contribution is 2.26. The normalized spacial score (nSPS) is 15.3. The Morgan fingerprint density at radius 2 is 1.89 bits per heavy atom. The lowest BCUT2D eigenvalue weighted by Crippen LogP contribution is -2.43. The molecule has 3 aromatic heterocycles. The second-order valence-electron chi connectivity index (χ2n) is 6.27. The van der Waals surface area contributed by atoms with Crippen molar-refractivity contribution in [2.24, 2.45) is 0 Å². The predicted molar refractivity (Wildman–Crippen MR) is 112 cm³/mol. The molecule has 0 unspecified atom stereocenters. The molecule has 0 aliphatic carbocycles. The van der Waals surface area contributed by atoms with Crippen LogP contribution >= 0.6 is 11.9 Å². The van der Waals surface area contributed by atoms with Gasteiger partial charge in [-0.3, -0.25) is 4.98 Å². The average molecular weight is 382 g/mol. The highest BCUT2D eigenvalue weighted by Gasteiger charge is 2.18. The summed E-state index contributed by atoms with van der Waals surface area (Å²) in [4.78, 5) is 20.5. The monoisotopic (exact) mass is 381 g/mol. The summed E-state index contributed by atoms with van der Waals surface area (Å²) in [6.45, 7) is 6.35. The fraction of sp³-hybridized carbons (Fsp3) is 0.368. The van der Waals surface area contributed by atoms with E-state index in [-0.39, 0.29) is 0 Å². The summed E-state index contributed by atoms with van der Waals surface area (Å²) in [6.07, 6.45) is 5.27. The highest BCUT2D eigenvalue weighted by molar-refractivity contribution is 7.96. The molecule has 1 aliphatic heterocycles. The van der Waals surface area contributed by atoms with Crippen LogP contribution in [-0.4, -0.2) is 63.2 Å². The molecule has 1 saturated heterocycles. The van der Waals surface area contributed by atoms with E-state index in [2.05, 4.69) is 53.5 Å². The van der Waals surface area contributed by atoms with Crippen molar-refractivity contribution < 1.29 is 0 Å². The van der Waals surface area contributed by atoms with Crippen molar-refractivity contribution in [3.63, 3.8) is 0 Å². The molecule has 3 aromatic rings. The molecule has 1 fully saturated rings. The number of rotatable bonds is 5. The Kier molecular flexibility index (Phi) is 5.35. The van der Waals surface area contributed by atoms with Crippen molar-refractivity contribution in [1.82, 2.24) is 24.2 Å². The van der Waals surface area contributed by atoms with Gasteiger partial charge in [0.05, 0.1) is 11.2 Å². The molecule has 0 saturated carbocycles. The van der Waals surface area contributed by atoms with Gasteiger partial charge in [-0.2, -0.15) is 0 Å². The molecule has 4 rings (SSSR count). The minimum absolute atomic E-state index is 0.726. The predicted octanol–water partition coefficient (Wildman–Crippen LogP) is 2.92. The van der Waals surface area contributed by atoms with Crippen LogP contribution in [0.2, 0.25) is 0 Å². The first-order valence-corrected chi connectivity index (χ1v) is 10.1. The lowest BCUT2D eigenvalue weighted by atomic mass is 10.1. The summed E-state index contributed by atoms with van der Waals surface area (Å²) in [5.41, 5.74) is 3.41. The van der Waals surface area contributed by atoms with Crippen LogP contribution in [0.1, 0.15) is 6.92 Å². The van der Waals surface area contributed by atoms with E-state index in [1.54, 1.807) is 12.4 Å². The number of nitrogens with zero attached hydrogens (tertiary/aromatic N) is 6. The molecule has 1 aliphatic rings. The summed E-state index contributed by atoms with van der Waals surface area (Å²) >= 11 is 1.91. The number of hydrogen-bond donors (Lipinski definition) is 1. The van der Waals surface area contributed by atoms with Crippen molar-refractivity contribution >= 4 is 34.6 Å². The van der Waals surface area contributed by atoms with E-state index in [1.807, 2.05) is 31.3 Å². The topological polar surface area (TPSA) is 70.1 Å². The van der Waals surface area contributed by atoms with Gasteiger partial charge in [-0.05, 0) is 18.2 Å². The van der Waals surface area contributed by atoms with Crippen molar-refractivity contribution in [3.8, 4) is 11.3 Å². The summed E-state index contributed by atoms with van der Waals surface area (Å²) < 4.78 is 2.43. The van der Waals surface area contributed by atoms with Crippen LogP contribution in [0.15, 0.2) is 36.8 Å². The SMILES string of the molecule is CCSN1CCN(c2ccc(-c3cc4nccnc4c(NC)n3)cn2)CC1. The maximum absolute atomic E-state index is 4.69. The number of nitrogens with one attached hydrogen (secondary N) is 1. The quantitative estimate of drug-likeness (QED) is 0.677. The molecule has 0 atom stereocenters. The molecule has 0 aromatic carbocycles. The van der Waals surface area contributed by atoms with Crippen molar-refractivity contribution in [1.29, 1.82) is 0 Å². The average Bonchev–Trinajstić information content (AvgIpc) is 2.74. The van der Waals surface area contributed by atoms with Crippen LogP contribution in [0.4, 0.5) is 11.6 Å². The lowest BCUT2D eigenvalue weighted by molar-refractivity contribution is 0.428. The largest absolute Gasteiger partial charge is 0.371 e. The Morgan fingerprint density at radius 3 is 2.59 bits per heavy atom. The molecule has 1 N–H and O–H groups in total. The molecule has 0 bridgehead atoms. The lowest BCUT2D eigenvalue weighted by Gasteiger charge is -2.34. The van der Waals surface area contributed by atoms with Crippen molar-refractivity contribution in [2.75, 3.05) is 49.2 Å². The van der Waals surface area contributed by atoms with Gasteiger partial charge in [0.25, 0.3) is 0 Å². The standard InChI is InChI=1S/C19H23N7S/c1-3-27-26-10-8-25(9-11-26)17-5-4-14(13-23-17)15-12-16-18(19(20-2)24-15)22-7-6-21-16/h4-7,12-13H,3,8-11H2,1-2H3,(H,20,24). The van der Waals surface area contributed by atoms with Crippen LogP contribution in [0, 0.1) is 0 Å². The smallest absolute Gasteiger partial charge is 0.154 e. The van der Waals surface area contributed by atoms with Crippen LogP contribution < -0.4 is 10.2 Å². The number of pyridine rings is 2. The number of hydrogen-bond acceptors (Lipinski definition) is 8. The van der Waals surface area contributed by atoms with Gasteiger partial charge in [0.1, 0.15) is 11.3 Å². The molecule has 140 valence electrons. The maximum atomic E-state index is 4.69. The van der Waals surface area contributed by atoms with E-state index in [1.165, 1.54) is 0 Å². The van der Waals surface area contributed by atoms with Gasteiger partial charge in [-0.15, -0.1) is 0 Å². The minimum atomic E-state index is 0.726. The second kappa shape index (κ2) is 8.06. The Morgan fingerprint density at radius 1 is 1.07 bits per heavy atom. The number of aromatic nitrogens is 4. The second-order valence-corrected chi connectivity index (χ2v) is 7.62. The molecular formula is C19H23N7S. The minimum Gasteiger partial charge on any atom is -0.371 e. The van der Waals surface area contributed by atoms with Crippen LogP contribution in [-0.2, 0) is 0 Å². The van der Waals surface area contributed by atoms with E-state index in [9.17, 15) is 0 Å². The van der Waals surface area contributed by atoms with Gasteiger partial charge >= 0.3 is 0 Å². The van der Waals surface area contributed by atoms with Crippen LogP contribution in [0.5, 0.6) is 0 Å². The number of anilines is 2. The Hall–Kier alpha value is -2.45. The zero-order valence-corrected chi connectivity index (χ0v) is 16.4. The van der Waals surface area contributed by atoms with Gasteiger partial charge in [0.2, 0.25) is 0 Å². The summed E-state index contributed by atoms with van der Waals surface area (Å²) in [5.74, 6) is 2.88. The van der Waals surface area contributed by atoms with E-state index >= 15 is 0 Å². The fourth-order valence-corrected chi connectivity index (χ4v) is 4.03. The Bertz CT molecular complexity index is 908. The number of piperazine rings is 1. The molecule has 0 spiro atoms. The van der Waals surface area contributed by atoms with Crippen LogP contribution in [0.3, 0.4) is 0 Å². The third-order valence-electron chi connectivity index (χ3n) is 4.61. The first kappa shape index (κ1) is 17.9. The van der Waals surface area contributed by atoms with Gasteiger partial charge in [-0.25, -0.2) is 19.3 Å². The highest BCUT2D eigenvalue weighted by atomic mass is 32.2. The van der Waals surface area contributed by atoms with Gasteiger partial charge in [0.15, 0.2) is 5.82 Å². The van der Waals surface area contributed by atoms with E-state index in [0.29, 0.717) is 0 Å². The van der Waals surface area contributed by atoms with Gasteiger partial charge in [-0.1, -0.05) is 18.9 Å². The molecule has 7 nitrogen and oxygen atoms in total. The zero-order chi connectivity index (χ0) is 18.6. The fourth-order valence-electron chi connectivity index (χ4n) is 3.25. The first-order valence-electron chi connectivity index (χ1n) is 9.17. The molecule has 0 amide bonds. The van der Waals surface area contributed by atoms with Gasteiger partial charge < -0.3 is 10.2 Å². The maximum Gasteiger partial charge on any atom is 0.154 e. The van der Waals surface area contributed by atoms with E-state index in [0.717, 1.165) is 65.9 Å². The molecule has 4 heterocycles. The first-order chi connectivity index (χ1) is 13.3. The zero-order valence-electron chi connectivity index (χ0n) is 15.6. The number of fused-ring (bicyclic) bond motifs is 1. The Balaban J connectivity index is 1.55. The van der Waals surface area contributed by atoms with E-state index in [4.69, 9.17) is 0 Å². The summed E-state index contributed by atoms with van der Waals surface area (Å²) in [5, 5.41) is 3.11. The van der Waals surface area contributed by atoms with Crippen LogP contribution in [0.25, 0.3) is 22.3 Å². The third kappa shape index (κ3) is 3.81. The summed E-state index contributed by atoms with van der Waals surface area (Å²) in [7, 11) is 1.85.